The van der Waals surface area contributed by atoms with Crippen LogP contribution in [0.2, 0.25) is 5.15 Å². The second-order valence-corrected chi connectivity index (χ2v) is 4.27. The summed E-state index contributed by atoms with van der Waals surface area (Å²) in [5, 5.41) is 4.55. The molecule has 18 heavy (non-hydrogen) atoms. The Morgan fingerprint density at radius 2 is 2.28 bits per heavy atom. The molecule has 1 heterocycles. The number of carbonyl (C=O) groups is 1. The van der Waals surface area contributed by atoms with Crippen molar-refractivity contribution >= 4 is 17.9 Å². The Morgan fingerprint density at radius 3 is 2.83 bits per heavy atom. The molecular formula is C13H12ClFN2O. The third-order valence-corrected chi connectivity index (χ3v) is 3.07. The number of aldehydes is 1. The van der Waals surface area contributed by atoms with Crippen molar-refractivity contribution in [2.24, 2.45) is 0 Å². The van der Waals surface area contributed by atoms with Crippen LogP contribution in [0.4, 0.5) is 4.39 Å². The van der Waals surface area contributed by atoms with E-state index in [1.165, 1.54) is 16.8 Å². The van der Waals surface area contributed by atoms with Gasteiger partial charge in [0.25, 0.3) is 0 Å². The topological polar surface area (TPSA) is 34.9 Å². The summed E-state index contributed by atoms with van der Waals surface area (Å²) >= 11 is 6.07. The van der Waals surface area contributed by atoms with Gasteiger partial charge < -0.3 is 0 Å². The second-order valence-electron chi connectivity index (χ2n) is 3.91. The summed E-state index contributed by atoms with van der Waals surface area (Å²) in [6.45, 7) is 2.25. The summed E-state index contributed by atoms with van der Waals surface area (Å²) in [6, 6.07) is 6.21. The minimum atomic E-state index is -0.304. The number of aromatic nitrogens is 2. The molecule has 2 aromatic rings. The van der Waals surface area contributed by atoms with Crippen molar-refractivity contribution in [2.75, 3.05) is 0 Å². The van der Waals surface area contributed by atoms with Crippen molar-refractivity contribution in [3.8, 4) is 0 Å². The van der Waals surface area contributed by atoms with Gasteiger partial charge in [0, 0.05) is 0 Å². The zero-order chi connectivity index (χ0) is 13.1. The Kier molecular flexibility index (Phi) is 3.77. The van der Waals surface area contributed by atoms with Crippen LogP contribution in [-0.4, -0.2) is 16.1 Å². The Morgan fingerprint density at radius 1 is 1.50 bits per heavy atom. The van der Waals surface area contributed by atoms with Gasteiger partial charge in [0.05, 0.1) is 17.8 Å². The van der Waals surface area contributed by atoms with Gasteiger partial charge in [0.2, 0.25) is 0 Å². The fourth-order valence-corrected chi connectivity index (χ4v) is 2.04. The van der Waals surface area contributed by atoms with Gasteiger partial charge in [-0.2, -0.15) is 5.10 Å². The molecule has 0 saturated carbocycles. The number of hydrogen-bond donors (Lipinski definition) is 0. The first-order valence-electron chi connectivity index (χ1n) is 5.60. The molecule has 0 unspecified atom stereocenters. The van der Waals surface area contributed by atoms with E-state index in [1.807, 2.05) is 6.92 Å². The third-order valence-electron chi connectivity index (χ3n) is 2.68. The van der Waals surface area contributed by atoms with Crippen molar-refractivity contribution in [3.63, 3.8) is 0 Å². The van der Waals surface area contributed by atoms with Crippen molar-refractivity contribution in [1.29, 1.82) is 0 Å². The highest BCUT2D eigenvalue weighted by atomic mass is 35.5. The first kappa shape index (κ1) is 12.8. The van der Waals surface area contributed by atoms with Gasteiger partial charge in [-0.25, -0.2) is 9.07 Å². The number of aryl methyl sites for hydroxylation is 1. The second kappa shape index (κ2) is 5.31. The molecule has 0 aliphatic rings. The van der Waals surface area contributed by atoms with Gasteiger partial charge in [0.1, 0.15) is 11.0 Å². The first-order valence-corrected chi connectivity index (χ1v) is 5.98. The maximum Gasteiger partial charge on any atom is 0.155 e. The molecule has 0 radical (unpaired) electrons. The fourth-order valence-electron chi connectivity index (χ4n) is 1.79. The van der Waals surface area contributed by atoms with Crippen LogP contribution >= 0.6 is 11.6 Å². The van der Waals surface area contributed by atoms with Crippen molar-refractivity contribution in [1.82, 2.24) is 9.78 Å². The van der Waals surface area contributed by atoms with Crippen LogP contribution in [0.15, 0.2) is 24.3 Å². The van der Waals surface area contributed by atoms with Crippen molar-refractivity contribution in [2.45, 2.75) is 19.9 Å². The van der Waals surface area contributed by atoms with Gasteiger partial charge in [-0.15, -0.1) is 0 Å². The first-order chi connectivity index (χ1) is 8.65. The highest BCUT2D eigenvalue weighted by Crippen LogP contribution is 2.20. The van der Waals surface area contributed by atoms with E-state index in [0.717, 1.165) is 5.56 Å². The van der Waals surface area contributed by atoms with E-state index in [9.17, 15) is 9.18 Å². The average Bonchev–Trinajstić information content (AvgIpc) is 2.66. The van der Waals surface area contributed by atoms with E-state index >= 15 is 0 Å². The van der Waals surface area contributed by atoms with Crippen LogP contribution in [0.5, 0.6) is 0 Å². The van der Waals surface area contributed by atoms with Crippen LogP contribution in [-0.2, 0) is 13.0 Å². The number of halogens is 2. The summed E-state index contributed by atoms with van der Waals surface area (Å²) < 4.78 is 14.6. The van der Waals surface area contributed by atoms with E-state index in [1.54, 1.807) is 12.1 Å². The predicted molar refractivity (Wildman–Crippen MR) is 67.5 cm³/mol. The zero-order valence-electron chi connectivity index (χ0n) is 9.86. The van der Waals surface area contributed by atoms with Crippen LogP contribution in [0, 0.1) is 5.82 Å². The molecule has 0 atom stereocenters. The molecule has 94 valence electrons. The number of hydrogen-bond acceptors (Lipinski definition) is 2. The number of carbonyl (C=O) groups excluding carboxylic acids is 1. The van der Waals surface area contributed by atoms with Crippen molar-refractivity contribution in [3.05, 3.63) is 52.1 Å². The number of nitrogens with zero attached hydrogens (tertiary/aromatic N) is 2. The predicted octanol–water partition coefficient (Wildman–Crippen LogP) is 3.10. The monoisotopic (exact) mass is 266 g/mol. The van der Waals surface area contributed by atoms with E-state index in [0.29, 0.717) is 35.7 Å². The highest BCUT2D eigenvalue weighted by Gasteiger charge is 2.14. The Labute approximate surface area is 109 Å². The molecule has 0 fully saturated rings. The molecule has 5 heteroatoms. The van der Waals surface area contributed by atoms with Crippen LogP contribution < -0.4 is 0 Å². The summed E-state index contributed by atoms with van der Waals surface area (Å²) in [7, 11) is 0. The lowest BCUT2D eigenvalue weighted by molar-refractivity contribution is 0.112. The minimum absolute atomic E-state index is 0.297. The molecule has 3 nitrogen and oxygen atoms in total. The van der Waals surface area contributed by atoms with Gasteiger partial charge in [0.15, 0.2) is 6.29 Å². The molecule has 2 rings (SSSR count). The minimum Gasteiger partial charge on any atom is -0.298 e. The molecular weight excluding hydrogens is 255 g/mol. The van der Waals surface area contributed by atoms with Gasteiger partial charge >= 0.3 is 0 Å². The quantitative estimate of drug-likeness (QED) is 0.797. The van der Waals surface area contributed by atoms with Gasteiger partial charge in [-0.1, -0.05) is 30.7 Å². The molecule has 0 bridgehead atoms. The largest absolute Gasteiger partial charge is 0.298 e. The summed E-state index contributed by atoms with van der Waals surface area (Å²) in [5.41, 5.74) is 1.82. The van der Waals surface area contributed by atoms with E-state index in [2.05, 4.69) is 5.10 Å². The van der Waals surface area contributed by atoms with Crippen LogP contribution in [0.1, 0.15) is 28.5 Å². The molecule has 1 aromatic heterocycles. The molecule has 1 aromatic carbocycles. The molecule has 0 amide bonds. The Bertz CT molecular complexity index is 580. The molecule has 0 aliphatic carbocycles. The zero-order valence-corrected chi connectivity index (χ0v) is 10.6. The van der Waals surface area contributed by atoms with Gasteiger partial charge in [-0.3, -0.25) is 4.79 Å². The molecule has 0 aliphatic heterocycles. The maximum atomic E-state index is 13.1. The summed E-state index contributed by atoms with van der Waals surface area (Å²) in [5.74, 6) is -0.304. The normalized spacial score (nSPS) is 10.6. The standard InChI is InChI=1S/C13H12ClFN2O/c1-2-12-11(8-18)13(14)17(16-12)7-9-4-3-5-10(15)6-9/h3-6,8H,2,7H2,1H3. The summed E-state index contributed by atoms with van der Waals surface area (Å²) in [4.78, 5) is 10.9. The Hall–Kier alpha value is -1.68. The third kappa shape index (κ3) is 2.43. The lowest BCUT2D eigenvalue weighted by atomic mass is 10.2. The highest BCUT2D eigenvalue weighted by molar-refractivity contribution is 6.32. The summed E-state index contributed by atoms with van der Waals surface area (Å²) in [6.07, 6.45) is 1.33. The molecule has 0 saturated heterocycles. The van der Waals surface area contributed by atoms with Crippen molar-refractivity contribution < 1.29 is 9.18 Å². The molecule has 0 N–H and O–H groups in total. The van der Waals surface area contributed by atoms with E-state index in [4.69, 9.17) is 11.6 Å². The average molecular weight is 267 g/mol. The maximum absolute atomic E-state index is 13.1. The Balaban J connectivity index is 2.35. The van der Waals surface area contributed by atoms with E-state index in [-0.39, 0.29) is 5.82 Å². The lowest BCUT2D eigenvalue weighted by Gasteiger charge is -2.03. The lowest BCUT2D eigenvalue weighted by Crippen LogP contribution is -2.02. The number of rotatable bonds is 4. The van der Waals surface area contributed by atoms with Crippen LogP contribution in [0.3, 0.4) is 0 Å². The smallest absolute Gasteiger partial charge is 0.155 e. The van der Waals surface area contributed by atoms with Gasteiger partial charge in [-0.05, 0) is 24.1 Å². The van der Waals surface area contributed by atoms with Crippen LogP contribution in [0.25, 0.3) is 0 Å². The fraction of sp³-hybridized carbons (Fsp3) is 0.231. The SMILES string of the molecule is CCc1nn(Cc2cccc(F)c2)c(Cl)c1C=O. The molecule has 0 spiro atoms. The van der Waals surface area contributed by atoms with E-state index < -0.39 is 0 Å². The number of benzene rings is 1.